The van der Waals surface area contributed by atoms with Gasteiger partial charge in [0, 0.05) is 44.9 Å². The number of carbonyl (C=O) groups is 2. The summed E-state index contributed by atoms with van der Waals surface area (Å²) >= 11 is 0. The zero-order chi connectivity index (χ0) is 15.4. The van der Waals surface area contributed by atoms with Gasteiger partial charge < -0.3 is 14.5 Å². The van der Waals surface area contributed by atoms with Crippen molar-refractivity contribution < 1.29 is 14.3 Å². The van der Waals surface area contributed by atoms with Crippen LogP contribution in [0.4, 0.5) is 0 Å². The Kier molecular flexibility index (Phi) is 4.96. The van der Waals surface area contributed by atoms with Crippen LogP contribution in [0.5, 0.6) is 0 Å². The average molecular weight is 290 g/mol. The second-order valence-electron chi connectivity index (χ2n) is 5.56. The minimum atomic E-state index is -0.0641. The lowest BCUT2D eigenvalue weighted by Crippen LogP contribution is -2.35. The zero-order valence-corrected chi connectivity index (χ0v) is 12.8. The average Bonchev–Trinajstić information content (AvgIpc) is 2.70. The van der Waals surface area contributed by atoms with Gasteiger partial charge in [0.1, 0.15) is 0 Å². The van der Waals surface area contributed by atoms with Gasteiger partial charge in [0.25, 0.3) is 11.8 Å². The molecule has 0 spiro atoms. The Morgan fingerprint density at radius 2 is 1.81 bits per heavy atom. The van der Waals surface area contributed by atoms with Crippen LogP contribution < -0.4 is 0 Å². The van der Waals surface area contributed by atoms with E-state index in [-0.39, 0.29) is 17.9 Å². The lowest BCUT2D eigenvalue weighted by atomic mass is 10.1. The van der Waals surface area contributed by atoms with Gasteiger partial charge in [-0.15, -0.1) is 0 Å². The standard InChI is InChI=1S/C16H22N2O3/c1-12-11-18(9-4-10-21-12)16(20)14-7-5-13(6-8-14)15(19)17(2)3/h5-8,12H,4,9-11H2,1-3H3. The Labute approximate surface area is 125 Å². The van der Waals surface area contributed by atoms with Crippen LogP contribution in [0.1, 0.15) is 34.1 Å². The van der Waals surface area contributed by atoms with Crippen molar-refractivity contribution in [2.75, 3.05) is 33.8 Å². The van der Waals surface area contributed by atoms with E-state index < -0.39 is 0 Å². The van der Waals surface area contributed by atoms with E-state index in [2.05, 4.69) is 0 Å². The molecular weight excluding hydrogens is 268 g/mol. The van der Waals surface area contributed by atoms with Gasteiger partial charge >= 0.3 is 0 Å². The molecular formula is C16H22N2O3. The van der Waals surface area contributed by atoms with Crippen LogP contribution in [0.3, 0.4) is 0 Å². The minimum absolute atomic E-state index is 0.00352. The highest BCUT2D eigenvalue weighted by Crippen LogP contribution is 2.12. The molecule has 1 aliphatic rings. The molecule has 0 saturated carbocycles. The maximum absolute atomic E-state index is 12.5. The third-order valence-corrected chi connectivity index (χ3v) is 3.52. The van der Waals surface area contributed by atoms with Crippen molar-refractivity contribution in [1.82, 2.24) is 9.80 Å². The highest BCUT2D eigenvalue weighted by atomic mass is 16.5. The summed E-state index contributed by atoms with van der Waals surface area (Å²) in [7, 11) is 3.42. The molecule has 1 unspecified atom stereocenters. The molecule has 1 atom stereocenters. The quantitative estimate of drug-likeness (QED) is 0.832. The first-order valence-corrected chi connectivity index (χ1v) is 7.21. The van der Waals surface area contributed by atoms with Crippen LogP contribution in [-0.4, -0.2) is 61.5 Å². The zero-order valence-electron chi connectivity index (χ0n) is 12.8. The highest BCUT2D eigenvalue weighted by Gasteiger charge is 2.21. The third-order valence-electron chi connectivity index (χ3n) is 3.52. The Balaban J connectivity index is 2.10. The largest absolute Gasteiger partial charge is 0.377 e. The Morgan fingerprint density at radius 3 is 2.43 bits per heavy atom. The molecule has 1 aromatic rings. The molecule has 1 saturated heterocycles. The SMILES string of the molecule is CC1CN(C(=O)c2ccc(C(=O)N(C)C)cc2)CCCO1. The van der Waals surface area contributed by atoms with Crippen molar-refractivity contribution in [3.8, 4) is 0 Å². The van der Waals surface area contributed by atoms with Gasteiger partial charge in [-0.05, 0) is 37.6 Å². The summed E-state index contributed by atoms with van der Waals surface area (Å²) in [5, 5.41) is 0. The second-order valence-corrected chi connectivity index (χ2v) is 5.56. The summed E-state index contributed by atoms with van der Waals surface area (Å²) in [5.41, 5.74) is 1.20. The number of hydrogen-bond acceptors (Lipinski definition) is 3. The first-order chi connectivity index (χ1) is 9.99. The summed E-state index contributed by atoms with van der Waals surface area (Å²) < 4.78 is 5.55. The first-order valence-electron chi connectivity index (χ1n) is 7.21. The van der Waals surface area contributed by atoms with Crippen LogP contribution in [0, 0.1) is 0 Å². The van der Waals surface area contributed by atoms with E-state index in [9.17, 15) is 9.59 Å². The van der Waals surface area contributed by atoms with Gasteiger partial charge in [0.05, 0.1) is 6.10 Å². The fourth-order valence-corrected chi connectivity index (χ4v) is 2.37. The van der Waals surface area contributed by atoms with Crippen LogP contribution in [0.25, 0.3) is 0 Å². The summed E-state index contributed by atoms with van der Waals surface area (Å²) in [6.45, 7) is 3.99. The number of ether oxygens (including phenoxy) is 1. The van der Waals surface area contributed by atoms with Gasteiger partial charge in [-0.25, -0.2) is 0 Å². The molecule has 0 aliphatic carbocycles. The number of nitrogens with zero attached hydrogens (tertiary/aromatic N) is 2. The lowest BCUT2D eigenvalue weighted by molar-refractivity contribution is 0.0562. The van der Waals surface area contributed by atoms with E-state index in [0.29, 0.717) is 30.8 Å². The number of rotatable bonds is 2. The highest BCUT2D eigenvalue weighted by molar-refractivity contribution is 5.97. The van der Waals surface area contributed by atoms with Crippen LogP contribution in [0.15, 0.2) is 24.3 Å². The van der Waals surface area contributed by atoms with E-state index in [0.717, 1.165) is 6.42 Å². The molecule has 5 nitrogen and oxygen atoms in total. The van der Waals surface area contributed by atoms with Gasteiger partial charge in [-0.2, -0.15) is 0 Å². The van der Waals surface area contributed by atoms with Crippen molar-refractivity contribution >= 4 is 11.8 Å². The number of amides is 2. The summed E-state index contributed by atoms with van der Waals surface area (Å²) in [4.78, 5) is 27.7. The van der Waals surface area contributed by atoms with E-state index >= 15 is 0 Å². The smallest absolute Gasteiger partial charge is 0.253 e. The Bertz CT molecular complexity index is 511. The van der Waals surface area contributed by atoms with Crippen molar-refractivity contribution in [3.05, 3.63) is 35.4 Å². The van der Waals surface area contributed by atoms with Crippen molar-refractivity contribution in [1.29, 1.82) is 0 Å². The third kappa shape index (κ3) is 3.82. The topological polar surface area (TPSA) is 49.9 Å². The minimum Gasteiger partial charge on any atom is -0.377 e. The first kappa shape index (κ1) is 15.5. The van der Waals surface area contributed by atoms with Crippen molar-refractivity contribution in [2.45, 2.75) is 19.4 Å². The van der Waals surface area contributed by atoms with E-state index in [4.69, 9.17) is 4.74 Å². The normalized spacial score (nSPS) is 19.0. The van der Waals surface area contributed by atoms with Crippen LogP contribution in [0.2, 0.25) is 0 Å². The number of benzene rings is 1. The summed E-state index contributed by atoms with van der Waals surface area (Å²) in [6, 6.07) is 6.84. The molecule has 0 bridgehead atoms. The molecule has 21 heavy (non-hydrogen) atoms. The molecule has 0 radical (unpaired) electrons. The van der Waals surface area contributed by atoms with Crippen molar-refractivity contribution in [3.63, 3.8) is 0 Å². The molecule has 2 amide bonds. The number of hydrogen-bond donors (Lipinski definition) is 0. The molecule has 0 aromatic heterocycles. The van der Waals surface area contributed by atoms with Crippen LogP contribution >= 0.6 is 0 Å². The summed E-state index contributed by atoms with van der Waals surface area (Å²) in [5.74, 6) is -0.0676. The lowest BCUT2D eigenvalue weighted by Gasteiger charge is -2.22. The predicted molar refractivity (Wildman–Crippen MR) is 80.4 cm³/mol. The maximum Gasteiger partial charge on any atom is 0.253 e. The van der Waals surface area contributed by atoms with Gasteiger partial charge in [0.2, 0.25) is 0 Å². The fraction of sp³-hybridized carbons (Fsp3) is 0.500. The molecule has 114 valence electrons. The Morgan fingerprint density at radius 1 is 1.19 bits per heavy atom. The van der Waals surface area contributed by atoms with Gasteiger partial charge in [0.15, 0.2) is 0 Å². The predicted octanol–water partition coefficient (Wildman–Crippen LogP) is 1.64. The number of carbonyl (C=O) groups excluding carboxylic acids is 2. The van der Waals surface area contributed by atoms with E-state index in [1.165, 1.54) is 4.90 Å². The van der Waals surface area contributed by atoms with Gasteiger partial charge in [-0.1, -0.05) is 0 Å². The van der Waals surface area contributed by atoms with Crippen molar-refractivity contribution in [2.24, 2.45) is 0 Å². The molecule has 0 N–H and O–H groups in total. The van der Waals surface area contributed by atoms with Gasteiger partial charge in [-0.3, -0.25) is 9.59 Å². The molecule has 1 heterocycles. The molecule has 1 fully saturated rings. The van der Waals surface area contributed by atoms with Crippen LogP contribution in [-0.2, 0) is 4.74 Å². The molecule has 1 aromatic carbocycles. The molecule has 1 aliphatic heterocycles. The van der Waals surface area contributed by atoms with E-state index in [1.807, 2.05) is 11.8 Å². The maximum atomic E-state index is 12.5. The summed E-state index contributed by atoms with van der Waals surface area (Å²) in [6.07, 6.45) is 0.916. The van der Waals surface area contributed by atoms with E-state index in [1.54, 1.807) is 38.4 Å². The fourth-order valence-electron chi connectivity index (χ4n) is 2.37. The Hall–Kier alpha value is -1.88. The molecule has 2 rings (SSSR count). The second kappa shape index (κ2) is 6.72. The molecule has 5 heteroatoms. The monoisotopic (exact) mass is 290 g/mol.